The summed E-state index contributed by atoms with van der Waals surface area (Å²) in [6, 6.07) is 15.3. The molecule has 2 heterocycles. The van der Waals surface area contributed by atoms with Crippen molar-refractivity contribution >= 4 is 30.0 Å². The SMILES string of the molecule is CC(=O)Oc1ccc([Si](C)(c2ccco2)c2ccco2)cc1. The molecule has 5 heteroatoms. The predicted molar refractivity (Wildman–Crippen MR) is 85.7 cm³/mol. The number of carbonyl (C=O) groups is 1. The van der Waals surface area contributed by atoms with E-state index in [0.717, 1.165) is 16.0 Å². The van der Waals surface area contributed by atoms with Gasteiger partial charge in [-0.25, -0.2) is 0 Å². The van der Waals surface area contributed by atoms with E-state index in [0.29, 0.717) is 5.75 Å². The first kappa shape index (κ1) is 14.4. The Morgan fingerprint density at radius 3 is 1.91 bits per heavy atom. The average Bonchev–Trinajstić information content (AvgIpc) is 3.20. The maximum atomic E-state index is 11.0. The van der Waals surface area contributed by atoms with Crippen LogP contribution in [0.3, 0.4) is 0 Å². The van der Waals surface area contributed by atoms with Gasteiger partial charge in [-0.05, 0) is 41.6 Å². The van der Waals surface area contributed by atoms with Crippen LogP contribution in [0.5, 0.6) is 5.75 Å². The quantitative estimate of drug-likeness (QED) is 0.419. The summed E-state index contributed by atoms with van der Waals surface area (Å²) in [7, 11) is -2.31. The van der Waals surface area contributed by atoms with Crippen LogP contribution >= 0.6 is 0 Å². The van der Waals surface area contributed by atoms with Crippen molar-refractivity contribution in [2.24, 2.45) is 0 Å². The molecule has 2 aromatic heterocycles. The predicted octanol–water partition coefficient (Wildman–Crippen LogP) is 1.90. The minimum atomic E-state index is -2.31. The normalized spacial score (nSPS) is 11.4. The topological polar surface area (TPSA) is 52.6 Å². The van der Waals surface area contributed by atoms with E-state index >= 15 is 0 Å². The van der Waals surface area contributed by atoms with Gasteiger partial charge in [0.2, 0.25) is 8.07 Å². The van der Waals surface area contributed by atoms with E-state index in [-0.39, 0.29) is 5.97 Å². The molecule has 0 aliphatic rings. The highest BCUT2D eigenvalue weighted by atomic mass is 28.3. The van der Waals surface area contributed by atoms with Crippen molar-refractivity contribution in [2.45, 2.75) is 13.5 Å². The van der Waals surface area contributed by atoms with Gasteiger partial charge in [-0.3, -0.25) is 4.79 Å². The Hall–Kier alpha value is -2.53. The Balaban J connectivity index is 2.06. The highest BCUT2D eigenvalue weighted by Crippen LogP contribution is 2.13. The van der Waals surface area contributed by atoms with Gasteiger partial charge in [-0.1, -0.05) is 18.7 Å². The van der Waals surface area contributed by atoms with Crippen LogP contribution in [0.2, 0.25) is 6.55 Å². The zero-order valence-electron chi connectivity index (χ0n) is 12.4. The van der Waals surface area contributed by atoms with Crippen molar-refractivity contribution in [3.05, 3.63) is 61.1 Å². The summed E-state index contributed by atoms with van der Waals surface area (Å²) in [6.07, 6.45) is 3.35. The summed E-state index contributed by atoms with van der Waals surface area (Å²) in [5, 5.41) is 2.96. The Kier molecular flexibility index (Phi) is 3.73. The van der Waals surface area contributed by atoms with E-state index in [9.17, 15) is 4.79 Å². The van der Waals surface area contributed by atoms with Crippen molar-refractivity contribution in [1.82, 2.24) is 0 Å². The molecule has 112 valence electrons. The van der Waals surface area contributed by atoms with Crippen molar-refractivity contribution in [1.29, 1.82) is 0 Å². The van der Waals surface area contributed by atoms with Crippen molar-refractivity contribution in [2.75, 3.05) is 0 Å². The molecule has 0 bridgehead atoms. The lowest BCUT2D eigenvalue weighted by Crippen LogP contribution is -2.64. The molecule has 3 aromatic rings. The molecule has 0 aliphatic heterocycles. The van der Waals surface area contributed by atoms with Gasteiger partial charge in [0.25, 0.3) is 0 Å². The molecule has 22 heavy (non-hydrogen) atoms. The summed E-state index contributed by atoms with van der Waals surface area (Å²) < 4.78 is 16.5. The highest BCUT2D eigenvalue weighted by Gasteiger charge is 2.40. The van der Waals surface area contributed by atoms with Crippen LogP contribution in [0.4, 0.5) is 0 Å². The van der Waals surface area contributed by atoms with Crippen LogP contribution in [0.15, 0.2) is 69.9 Å². The van der Waals surface area contributed by atoms with Crippen molar-refractivity contribution in [3.8, 4) is 5.75 Å². The first-order chi connectivity index (χ1) is 10.6. The lowest BCUT2D eigenvalue weighted by molar-refractivity contribution is -0.131. The molecule has 0 amide bonds. The molecule has 1 aromatic carbocycles. The first-order valence-corrected chi connectivity index (χ1v) is 9.47. The second-order valence-electron chi connectivity index (χ2n) is 5.20. The molecule has 0 aliphatic carbocycles. The summed E-state index contributed by atoms with van der Waals surface area (Å²) in [6.45, 7) is 3.56. The highest BCUT2D eigenvalue weighted by molar-refractivity contribution is 7.09. The lowest BCUT2D eigenvalue weighted by atomic mass is 10.3. The Labute approximate surface area is 129 Å². The number of hydrogen-bond acceptors (Lipinski definition) is 4. The van der Waals surface area contributed by atoms with E-state index in [1.165, 1.54) is 6.92 Å². The second-order valence-corrected chi connectivity index (χ2v) is 9.01. The molecule has 3 rings (SSSR count). The molecule has 0 saturated carbocycles. The van der Waals surface area contributed by atoms with Crippen LogP contribution < -0.4 is 20.7 Å². The number of carbonyl (C=O) groups excluding carboxylic acids is 1. The second kappa shape index (κ2) is 5.69. The average molecular weight is 312 g/mol. The fraction of sp³-hybridized carbons (Fsp3) is 0.118. The Morgan fingerprint density at radius 2 is 1.50 bits per heavy atom. The number of hydrogen-bond donors (Lipinski definition) is 0. The van der Waals surface area contributed by atoms with Gasteiger partial charge >= 0.3 is 5.97 Å². The third-order valence-corrected chi connectivity index (χ3v) is 7.75. The summed E-state index contributed by atoms with van der Waals surface area (Å²) >= 11 is 0. The van der Waals surface area contributed by atoms with Crippen LogP contribution in [0.1, 0.15) is 6.92 Å². The third-order valence-electron chi connectivity index (χ3n) is 3.72. The van der Waals surface area contributed by atoms with E-state index in [1.807, 2.05) is 36.4 Å². The summed E-state index contributed by atoms with van der Waals surface area (Å²) in [4.78, 5) is 11.0. The Bertz CT molecular complexity index is 708. The van der Waals surface area contributed by atoms with Crippen LogP contribution in [-0.2, 0) is 4.79 Å². The summed E-state index contributed by atoms with van der Waals surface area (Å²) in [5.74, 6) is 0.205. The molecule has 0 spiro atoms. The zero-order valence-corrected chi connectivity index (χ0v) is 13.4. The van der Waals surface area contributed by atoms with Crippen LogP contribution in [0.25, 0.3) is 0 Å². The number of ether oxygens (including phenoxy) is 1. The van der Waals surface area contributed by atoms with Gasteiger partial charge < -0.3 is 13.6 Å². The van der Waals surface area contributed by atoms with E-state index in [4.69, 9.17) is 13.6 Å². The number of benzene rings is 1. The van der Waals surface area contributed by atoms with Gasteiger partial charge in [0.15, 0.2) is 0 Å². The molecule has 4 nitrogen and oxygen atoms in total. The smallest absolute Gasteiger partial charge is 0.308 e. The molecular formula is C17H16O4Si. The summed E-state index contributed by atoms with van der Waals surface area (Å²) in [5.41, 5.74) is 0. The van der Waals surface area contributed by atoms with E-state index in [2.05, 4.69) is 6.55 Å². The minimum Gasteiger partial charge on any atom is -0.473 e. The third kappa shape index (κ3) is 2.51. The van der Waals surface area contributed by atoms with Gasteiger partial charge in [-0.2, -0.15) is 0 Å². The number of esters is 1. The number of rotatable bonds is 4. The molecule has 0 saturated heterocycles. The van der Waals surface area contributed by atoms with Gasteiger partial charge in [0, 0.05) is 6.92 Å². The first-order valence-electron chi connectivity index (χ1n) is 6.97. The van der Waals surface area contributed by atoms with Gasteiger partial charge in [-0.15, -0.1) is 0 Å². The van der Waals surface area contributed by atoms with Gasteiger partial charge in [0.1, 0.15) is 5.75 Å². The number of furan rings is 2. The van der Waals surface area contributed by atoms with E-state index < -0.39 is 8.07 Å². The van der Waals surface area contributed by atoms with Crippen LogP contribution in [-0.4, -0.2) is 14.0 Å². The van der Waals surface area contributed by atoms with Crippen molar-refractivity contribution < 1.29 is 18.4 Å². The Morgan fingerprint density at radius 1 is 0.955 bits per heavy atom. The minimum absolute atomic E-state index is 0.329. The maximum absolute atomic E-state index is 11.0. The van der Waals surface area contributed by atoms with Crippen LogP contribution in [0, 0.1) is 0 Å². The molecule has 0 radical (unpaired) electrons. The largest absolute Gasteiger partial charge is 0.473 e. The monoisotopic (exact) mass is 312 g/mol. The maximum Gasteiger partial charge on any atom is 0.308 e. The zero-order chi connectivity index (χ0) is 15.6. The molecule has 0 N–H and O–H groups in total. The van der Waals surface area contributed by atoms with Gasteiger partial charge in [0.05, 0.1) is 23.3 Å². The fourth-order valence-electron chi connectivity index (χ4n) is 2.55. The molecule has 0 fully saturated rings. The standard InChI is InChI=1S/C17H16O4Si/c1-13(18)21-14-7-9-15(10-8-14)22(2,16-5-3-11-19-16)17-6-4-12-20-17/h3-12H,1-2H3. The lowest BCUT2D eigenvalue weighted by Gasteiger charge is -2.23. The fourth-order valence-corrected chi connectivity index (χ4v) is 5.67. The van der Waals surface area contributed by atoms with Crippen molar-refractivity contribution in [3.63, 3.8) is 0 Å². The van der Waals surface area contributed by atoms with E-state index in [1.54, 1.807) is 24.7 Å². The molecule has 0 unspecified atom stereocenters. The molecular weight excluding hydrogens is 296 g/mol. The molecule has 0 atom stereocenters.